The molecule has 6 nitrogen and oxygen atoms in total. The Kier molecular flexibility index (Phi) is 7.25. The van der Waals surface area contributed by atoms with Crippen LogP contribution in [0.25, 0.3) is 0 Å². The maximum Gasteiger partial charge on any atom is 0.407 e. The van der Waals surface area contributed by atoms with Gasteiger partial charge in [0.15, 0.2) is 0 Å². The van der Waals surface area contributed by atoms with E-state index in [0.717, 1.165) is 25.7 Å². The Bertz CT molecular complexity index is 287. The third-order valence-corrected chi connectivity index (χ3v) is 3.04. The van der Waals surface area contributed by atoms with Crippen molar-refractivity contribution in [3.63, 3.8) is 0 Å². The molecule has 0 heterocycles. The molecule has 1 saturated carbocycles. The van der Waals surface area contributed by atoms with E-state index in [1.54, 1.807) is 6.92 Å². The normalized spacial score (nSPS) is 17.6. The molecule has 6 heteroatoms. The van der Waals surface area contributed by atoms with Gasteiger partial charge in [0.1, 0.15) is 13.2 Å². The number of carbonyl (C=O) groups is 2. The molecule has 0 radical (unpaired) electrons. The predicted octanol–water partition coefficient (Wildman–Crippen LogP) is 1.22. The van der Waals surface area contributed by atoms with E-state index < -0.39 is 12.2 Å². The van der Waals surface area contributed by atoms with Gasteiger partial charge in [0.2, 0.25) is 0 Å². The molecule has 1 amide bonds. The van der Waals surface area contributed by atoms with Gasteiger partial charge in [0.25, 0.3) is 0 Å². The van der Waals surface area contributed by atoms with Crippen LogP contribution in [-0.2, 0) is 14.3 Å². The number of aliphatic hydroxyl groups excluding tert-OH is 1. The first kappa shape index (κ1) is 15.8. The largest absolute Gasteiger partial charge is 0.462 e. The van der Waals surface area contributed by atoms with Crippen molar-refractivity contribution in [3.8, 4) is 0 Å². The summed E-state index contributed by atoms with van der Waals surface area (Å²) in [6, 6.07) is 0. The number of rotatable bonds is 6. The number of ether oxygens (including phenoxy) is 2. The Labute approximate surface area is 113 Å². The van der Waals surface area contributed by atoms with Crippen LogP contribution >= 0.6 is 0 Å². The van der Waals surface area contributed by atoms with Crippen LogP contribution < -0.4 is 5.32 Å². The molecule has 1 atom stereocenters. The lowest BCUT2D eigenvalue weighted by Gasteiger charge is -2.19. The Morgan fingerprint density at radius 1 is 1.21 bits per heavy atom. The quantitative estimate of drug-likeness (QED) is 0.561. The van der Waals surface area contributed by atoms with E-state index in [4.69, 9.17) is 14.6 Å². The third kappa shape index (κ3) is 7.00. The molecule has 0 spiro atoms. The number of carbonyl (C=O) groups excluding carboxylic acids is 2. The van der Waals surface area contributed by atoms with Gasteiger partial charge in [0, 0.05) is 6.54 Å². The second-order valence-corrected chi connectivity index (χ2v) is 4.87. The molecular formula is C13H23NO5. The van der Waals surface area contributed by atoms with Crippen molar-refractivity contribution in [3.05, 3.63) is 0 Å². The van der Waals surface area contributed by atoms with E-state index in [0.29, 0.717) is 0 Å². The first-order valence-corrected chi connectivity index (χ1v) is 6.85. The minimum absolute atomic E-state index is 0.0119. The average molecular weight is 273 g/mol. The van der Waals surface area contributed by atoms with Gasteiger partial charge in [0.05, 0.1) is 12.0 Å². The van der Waals surface area contributed by atoms with Crippen LogP contribution in [0.5, 0.6) is 0 Å². The van der Waals surface area contributed by atoms with Crippen molar-refractivity contribution >= 4 is 12.1 Å². The van der Waals surface area contributed by atoms with E-state index in [-0.39, 0.29) is 31.6 Å². The number of hydrogen-bond donors (Lipinski definition) is 2. The Morgan fingerprint density at radius 2 is 1.84 bits per heavy atom. The summed E-state index contributed by atoms with van der Waals surface area (Å²) < 4.78 is 9.86. The Balaban J connectivity index is 2.03. The van der Waals surface area contributed by atoms with Gasteiger partial charge in [-0.05, 0) is 19.8 Å². The highest BCUT2D eigenvalue weighted by Crippen LogP contribution is 2.24. The second kappa shape index (κ2) is 8.74. The summed E-state index contributed by atoms with van der Waals surface area (Å²) in [4.78, 5) is 22.8. The van der Waals surface area contributed by atoms with Crippen molar-refractivity contribution < 1.29 is 24.2 Å². The van der Waals surface area contributed by atoms with Crippen molar-refractivity contribution in [2.24, 2.45) is 5.92 Å². The van der Waals surface area contributed by atoms with Crippen LogP contribution in [0.15, 0.2) is 0 Å². The topological polar surface area (TPSA) is 84.9 Å². The SMILES string of the molecule is C[C@H](O)CNC(=O)OCCOC(=O)C1CCCCC1. The molecule has 19 heavy (non-hydrogen) atoms. The smallest absolute Gasteiger partial charge is 0.407 e. The summed E-state index contributed by atoms with van der Waals surface area (Å²) in [5.74, 6) is -0.175. The fraction of sp³-hybridized carbons (Fsp3) is 0.846. The van der Waals surface area contributed by atoms with Gasteiger partial charge in [-0.1, -0.05) is 19.3 Å². The highest BCUT2D eigenvalue weighted by atomic mass is 16.6. The van der Waals surface area contributed by atoms with Crippen molar-refractivity contribution in [2.45, 2.75) is 45.1 Å². The van der Waals surface area contributed by atoms with Crippen LogP contribution in [0.4, 0.5) is 4.79 Å². The lowest BCUT2D eigenvalue weighted by atomic mass is 9.89. The molecule has 0 saturated heterocycles. The molecular weight excluding hydrogens is 250 g/mol. The van der Waals surface area contributed by atoms with Crippen LogP contribution in [0.2, 0.25) is 0 Å². The van der Waals surface area contributed by atoms with E-state index >= 15 is 0 Å². The van der Waals surface area contributed by atoms with Gasteiger partial charge in [-0.3, -0.25) is 4.79 Å². The molecule has 110 valence electrons. The van der Waals surface area contributed by atoms with Crippen LogP contribution in [-0.4, -0.2) is 43.0 Å². The zero-order chi connectivity index (χ0) is 14.1. The lowest BCUT2D eigenvalue weighted by molar-refractivity contribution is -0.150. The summed E-state index contributed by atoms with van der Waals surface area (Å²) in [5, 5.41) is 11.3. The monoisotopic (exact) mass is 273 g/mol. The fourth-order valence-electron chi connectivity index (χ4n) is 2.01. The average Bonchev–Trinajstić information content (AvgIpc) is 2.42. The van der Waals surface area contributed by atoms with Gasteiger partial charge in [-0.25, -0.2) is 4.79 Å². The molecule has 1 rings (SSSR count). The zero-order valence-electron chi connectivity index (χ0n) is 11.4. The van der Waals surface area contributed by atoms with E-state index in [2.05, 4.69) is 5.32 Å². The van der Waals surface area contributed by atoms with Gasteiger partial charge >= 0.3 is 12.1 Å². The number of hydrogen-bond acceptors (Lipinski definition) is 5. The molecule has 1 fully saturated rings. The number of aliphatic hydroxyl groups is 1. The molecule has 0 aliphatic heterocycles. The highest BCUT2D eigenvalue weighted by Gasteiger charge is 2.22. The van der Waals surface area contributed by atoms with E-state index in [1.165, 1.54) is 6.42 Å². The fourth-order valence-corrected chi connectivity index (χ4v) is 2.01. The molecule has 2 N–H and O–H groups in total. The summed E-state index contributed by atoms with van der Waals surface area (Å²) >= 11 is 0. The van der Waals surface area contributed by atoms with E-state index in [9.17, 15) is 9.59 Å². The van der Waals surface area contributed by atoms with Crippen LogP contribution in [0.1, 0.15) is 39.0 Å². The first-order valence-electron chi connectivity index (χ1n) is 6.85. The van der Waals surface area contributed by atoms with Crippen molar-refractivity contribution in [1.82, 2.24) is 5.32 Å². The minimum Gasteiger partial charge on any atom is -0.462 e. The Hall–Kier alpha value is -1.30. The molecule has 0 bridgehead atoms. The number of nitrogens with one attached hydrogen (secondary N) is 1. The lowest BCUT2D eigenvalue weighted by Crippen LogP contribution is -2.32. The zero-order valence-corrected chi connectivity index (χ0v) is 11.4. The molecule has 0 aromatic rings. The van der Waals surface area contributed by atoms with Gasteiger partial charge in [-0.15, -0.1) is 0 Å². The van der Waals surface area contributed by atoms with E-state index in [1.807, 2.05) is 0 Å². The second-order valence-electron chi connectivity index (χ2n) is 4.87. The maximum absolute atomic E-state index is 11.6. The molecule has 0 aromatic heterocycles. The highest BCUT2D eigenvalue weighted by molar-refractivity contribution is 5.72. The number of alkyl carbamates (subject to hydrolysis) is 1. The summed E-state index contributed by atoms with van der Waals surface area (Å²) in [6.07, 6.45) is 3.92. The molecule has 0 unspecified atom stereocenters. The van der Waals surface area contributed by atoms with Gasteiger partial charge < -0.3 is 19.9 Å². The standard InChI is InChI=1S/C13H23NO5/c1-10(15)9-14-13(17)19-8-7-18-12(16)11-5-3-2-4-6-11/h10-11,15H,2-9H2,1H3,(H,14,17)/t10-/m0/s1. The van der Waals surface area contributed by atoms with Crippen molar-refractivity contribution in [2.75, 3.05) is 19.8 Å². The third-order valence-electron chi connectivity index (χ3n) is 3.04. The molecule has 1 aliphatic carbocycles. The number of esters is 1. The summed E-state index contributed by atoms with van der Waals surface area (Å²) in [7, 11) is 0. The molecule has 1 aliphatic rings. The molecule has 0 aromatic carbocycles. The Morgan fingerprint density at radius 3 is 2.47 bits per heavy atom. The maximum atomic E-state index is 11.6. The summed E-state index contributed by atoms with van der Waals surface area (Å²) in [6.45, 7) is 1.81. The van der Waals surface area contributed by atoms with Crippen LogP contribution in [0, 0.1) is 5.92 Å². The predicted molar refractivity (Wildman–Crippen MR) is 68.6 cm³/mol. The first-order chi connectivity index (χ1) is 9.09. The summed E-state index contributed by atoms with van der Waals surface area (Å²) in [5.41, 5.74) is 0. The number of amides is 1. The van der Waals surface area contributed by atoms with Crippen molar-refractivity contribution in [1.29, 1.82) is 0 Å². The van der Waals surface area contributed by atoms with Gasteiger partial charge in [-0.2, -0.15) is 0 Å². The minimum atomic E-state index is -0.616. The van der Waals surface area contributed by atoms with Crippen LogP contribution in [0.3, 0.4) is 0 Å².